The van der Waals surface area contributed by atoms with E-state index in [0.717, 1.165) is 49.3 Å². The number of hydrogen-bond acceptors (Lipinski definition) is 6. The summed E-state index contributed by atoms with van der Waals surface area (Å²) in [5.41, 5.74) is 2.24. The van der Waals surface area contributed by atoms with Gasteiger partial charge < -0.3 is 19.1 Å². The molecule has 144 valence electrons. The highest BCUT2D eigenvalue weighted by atomic mass is 16.5. The molecule has 6 heteroatoms. The molecular weight excluding hydrogens is 342 g/mol. The highest BCUT2D eigenvalue weighted by Crippen LogP contribution is 2.35. The van der Waals surface area contributed by atoms with Crippen LogP contribution in [0, 0.1) is 0 Å². The lowest BCUT2D eigenvalue weighted by Crippen LogP contribution is -2.27. The SMILES string of the molecule is COCc1nc(C2CCOC2)cc(N(Cc2ccccc2OC)C2CC2)n1. The smallest absolute Gasteiger partial charge is 0.156 e. The highest BCUT2D eigenvalue weighted by Gasteiger charge is 2.32. The monoisotopic (exact) mass is 369 g/mol. The fourth-order valence-corrected chi connectivity index (χ4v) is 3.62. The van der Waals surface area contributed by atoms with Crippen LogP contribution in [0.3, 0.4) is 0 Å². The number of hydrogen-bond donors (Lipinski definition) is 0. The van der Waals surface area contributed by atoms with Gasteiger partial charge in [-0.15, -0.1) is 0 Å². The zero-order chi connectivity index (χ0) is 18.6. The average molecular weight is 369 g/mol. The summed E-state index contributed by atoms with van der Waals surface area (Å²) < 4.78 is 16.4. The molecule has 27 heavy (non-hydrogen) atoms. The third-order valence-electron chi connectivity index (χ3n) is 5.22. The van der Waals surface area contributed by atoms with Crippen molar-refractivity contribution in [2.45, 2.75) is 44.4 Å². The summed E-state index contributed by atoms with van der Waals surface area (Å²) in [5.74, 6) is 2.98. The van der Waals surface area contributed by atoms with E-state index in [0.29, 0.717) is 18.6 Å². The van der Waals surface area contributed by atoms with Crippen LogP contribution in [0.5, 0.6) is 5.75 Å². The van der Waals surface area contributed by atoms with Crippen LogP contribution in [0.4, 0.5) is 5.82 Å². The number of ether oxygens (including phenoxy) is 3. The molecule has 0 amide bonds. The van der Waals surface area contributed by atoms with E-state index < -0.39 is 0 Å². The Morgan fingerprint density at radius 1 is 1.15 bits per heavy atom. The lowest BCUT2D eigenvalue weighted by atomic mass is 10.0. The Morgan fingerprint density at radius 3 is 2.70 bits per heavy atom. The molecule has 0 N–H and O–H groups in total. The predicted molar refractivity (Wildman–Crippen MR) is 103 cm³/mol. The molecule has 2 aromatic rings. The van der Waals surface area contributed by atoms with Crippen molar-refractivity contribution < 1.29 is 14.2 Å². The van der Waals surface area contributed by atoms with E-state index in [4.69, 9.17) is 24.2 Å². The molecule has 2 heterocycles. The van der Waals surface area contributed by atoms with Crippen molar-refractivity contribution in [2.75, 3.05) is 32.3 Å². The standard InChI is InChI=1S/C21H27N3O3/c1-25-14-20-22-18(16-9-10-27-13-16)11-21(23-20)24(17-7-8-17)12-15-5-3-4-6-19(15)26-2/h3-6,11,16-17H,7-10,12-14H2,1-2H3. The van der Waals surface area contributed by atoms with Gasteiger partial charge in [0, 0.05) is 43.9 Å². The zero-order valence-electron chi connectivity index (χ0n) is 16.1. The lowest BCUT2D eigenvalue weighted by molar-refractivity contribution is 0.177. The van der Waals surface area contributed by atoms with Crippen molar-refractivity contribution in [3.8, 4) is 5.75 Å². The molecule has 0 bridgehead atoms. The van der Waals surface area contributed by atoms with Crippen molar-refractivity contribution in [3.05, 3.63) is 47.4 Å². The third kappa shape index (κ3) is 4.22. The second-order valence-electron chi connectivity index (χ2n) is 7.23. The predicted octanol–water partition coefficient (Wildman–Crippen LogP) is 3.30. The van der Waals surface area contributed by atoms with Gasteiger partial charge in [-0.1, -0.05) is 18.2 Å². The largest absolute Gasteiger partial charge is 0.496 e. The van der Waals surface area contributed by atoms with Crippen LogP contribution in [0.25, 0.3) is 0 Å². The highest BCUT2D eigenvalue weighted by molar-refractivity contribution is 5.46. The molecular formula is C21H27N3O3. The molecule has 4 rings (SSSR count). The first-order valence-electron chi connectivity index (χ1n) is 9.61. The lowest BCUT2D eigenvalue weighted by Gasteiger charge is -2.26. The Kier molecular flexibility index (Phi) is 5.55. The Balaban J connectivity index is 1.67. The van der Waals surface area contributed by atoms with Gasteiger partial charge in [0.15, 0.2) is 5.82 Å². The molecule has 1 saturated carbocycles. The Bertz CT molecular complexity index is 773. The maximum absolute atomic E-state index is 5.58. The second kappa shape index (κ2) is 8.23. The van der Waals surface area contributed by atoms with Crippen LogP contribution in [-0.4, -0.2) is 43.4 Å². The number of anilines is 1. The summed E-state index contributed by atoms with van der Waals surface area (Å²) >= 11 is 0. The maximum atomic E-state index is 5.58. The molecule has 6 nitrogen and oxygen atoms in total. The molecule has 1 saturated heterocycles. The van der Waals surface area contributed by atoms with Crippen LogP contribution < -0.4 is 9.64 Å². The fourth-order valence-electron chi connectivity index (χ4n) is 3.62. The number of para-hydroxylation sites is 1. The summed E-state index contributed by atoms with van der Waals surface area (Å²) in [5, 5.41) is 0. The molecule has 1 aromatic heterocycles. The first-order chi connectivity index (χ1) is 13.3. The van der Waals surface area contributed by atoms with Crippen LogP contribution in [-0.2, 0) is 22.6 Å². The van der Waals surface area contributed by atoms with Crippen molar-refractivity contribution in [1.82, 2.24) is 9.97 Å². The summed E-state index contributed by atoms with van der Waals surface area (Å²) in [7, 11) is 3.40. The minimum absolute atomic E-state index is 0.342. The Labute approximate surface area is 160 Å². The normalized spacial score (nSPS) is 19.3. The number of aromatic nitrogens is 2. The molecule has 1 atom stereocenters. The van der Waals surface area contributed by atoms with Crippen molar-refractivity contribution in [1.29, 1.82) is 0 Å². The minimum atomic E-state index is 0.342. The molecule has 0 spiro atoms. The van der Waals surface area contributed by atoms with Crippen LogP contribution in [0.15, 0.2) is 30.3 Å². The first kappa shape index (κ1) is 18.2. The Hall–Kier alpha value is -2.18. The van der Waals surface area contributed by atoms with E-state index in [1.165, 1.54) is 18.4 Å². The minimum Gasteiger partial charge on any atom is -0.496 e. The van der Waals surface area contributed by atoms with Crippen LogP contribution in [0.2, 0.25) is 0 Å². The van der Waals surface area contributed by atoms with E-state index in [2.05, 4.69) is 23.1 Å². The summed E-state index contributed by atoms with van der Waals surface area (Å²) in [6.07, 6.45) is 3.40. The van der Waals surface area contributed by atoms with Gasteiger partial charge in [0.2, 0.25) is 0 Å². The zero-order valence-corrected chi connectivity index (χ0v) is 16.1. The summed E-state index contributed by atoms with van der Waals surface area (Å²) in [6, 6.07) is 10.9. The molecule has 1 aliphatic carbocycles. The van der Waals surface area contributed by atoms with Crippen molar-refractivity contribution in [2.24, 2.45) is 0 Å². The molecule has 1 unspecified atom stereocenters. The van der Waals surface area contributed by atoms with Crippen LogP contribution >= 0.6 is 0 Å². The first-order valence-corrected chi connectivity index (χ1v) is 9.61. The third-order valence-corrected chi connectivity index (χ3v) is 5.22. The molecule has 0 radical (unpaired) electrons. The number of rotatable bonds is 8. The van der Waals surface area contributed by atoms with Crippen molar-refractivity contribution in [3.63, 3.8) is 0 Å². The van der Waals surface area contributed by atoms with E-state index in [-0.39, 0.29) is 0 Å². The number of methoxy groups -OCH3 is 2. The quantitative estimate of drug-likeness (QED) is 0.712. The van der Waals surface area contributed by atoms with Gasteiger partial charge in [-0.2, -0.15) is 0 Å². The molecule has 2 fully saturated rings. The van der Waals surface area contributed by atoms with E-state index in [9.17, 15) is 0 Å². The van der Waals surface area contributed by atoms with E-state index in [1.54, 1.807) is 14.2 Å². The average Bonchev–Trinajstić information content (AvgIpc) is 3.38. The van der Waals surface area contributed by atoms with Gasteiger partial charge in [-0.3, -0.25) is 0 Å². The summed E-state index contributed by atoms with van der Waals surface area (Å²) in [6.45, 7) is 2.73. The van der Waals surface area contributed by atoms with E-state index >= 15 is 0 Å². The van der Waals surface area contributed by atoms with Gasteiger partial charge in [0.25, 0.3) is 0 Å². The second-order valence-corrected chi connectivity index (χ2v) is 7.23. The van der Waals surface area contributed by atoms with Gasteiger partial charge in [0.1, 0.15) is 18.2 Å². The topological polar surface area (TPSA) is 56.7 Å². The number of benzene rings is 1. The number of nitrogens with zero attached hydrogens (tertiary/aromatic N) is 3. The summed E-state index contributed by atoms with van der Waals surface area (Å²) in [4.78, 5) is 11.9. The van der Waals surface area contributed by atoms with Crippen LogP contribution in [0.1, 0.15) is 42.3 Å². The molecule has 2 aliphatic rings. The van der Waals surface area contributed by atoms with Gasteiger partial charge in [-0.05, 0) is 25.3 Å². The van der Waals surface area contributed by atoms with Gasteiger partial charge in [0.05, 0.1) is 19.4 Å². The molecule has 1 aliphatic heterocycles. The van der Waals surface area contributed by atoms with Crippen molar-refractivity contribution >= 4 is 5.82 Å². The maximum Gasteiger partial charge on any atom is 0.156 e. The van der Waals surface area contributed by atoms with Gasteiger partial charge >= 0.3 is 0 Å². The Morgan fingerprint density at radius 2 is 2.00 bits per heavy atom. The fraction of sp³-hybridized carbons (Fsp3) is 0.524. The molecule has 1 aromatic carbocycles. The van der Waals surface area contributed by atoms with E-state index in [1.807, 2.05) is 12.1 Å². The van der Waals surface area contributed by atoms with Gasteiger partial charge in [-0.25, -0.2) is 9.97 Å².